The molecular weight excluding hydrogens is 218 g/mol. The van der Waals surface area contributed by atoms with E-state index in [1.165, 1.54) is 28.4 Å². The van der Waals surface area contributed by atoms with Gasteiger partial charge in [0.05, 0.1) is 12.2 Å². The van der Waals surface area contributed by atoms with Crippen LogP contribution in [0, 0.1) is 0 Å². The highest BCUT2D eigenvalue weighted by molar-refractivity contribution is 7.11. The van der Waals surface area contributed by atoms with Gasteiger partial charge in [-0.25, -0.2) is 9.97 Å². The molecule has 0 atom stereocenters. The number of thiazole rings is 1. The first-order valence-electron chi connectivity index (χ1n) is 5.54. The fraction of sp³-hybridized carbons (Fsp3) is 0.333. The average molecular weight is 231 g/mol. The zero-order chi connectivity index (χ0) is 10.8. The maximum absolute atomic E-state index is 4.63. The Balaban J connectivity index is 1.67. The van der Waals surface area contributed by atoms with E-state index in [4.69, 9.17) is 0 Å². The first-order valence-corrected chi connectivity index (χ1v) is 6.36. The van der Waals surface area contributed by atoms with Gasteiger partial charge >= 0.3 is 0 Å². The van der Waals surface area contributed by atoms with Gasteiger partial charge in [-0.05, 0) is 31.4 Å². The molecule has 0 spiro atoms. The van der Waals surface area contributed by atoms with Crippen LogP contribution in [0.3, 0.4) is 0 Å². The maximum atomic E-state index is 4.63. The van der Waals surface area contributed by atoms with Crippen molar-refractivity contribution in [2.24, 2.45) is 0 Å². The van der Waals surface area contributed by atoms with Crippen LogP contribution in [0.2, 0.25) is 0 Å². The third-order valence-electron chi connectivity index (χ3n) is 2.73. The molecule has 1 aliphatic rings. The molecule has 82 valence electrons. The van der Waals surface area contributed by atoms with Gasteiger partial charge in [0, 0.05) is 11.1 Å². The molecule has 1 N–H and O–H groups in total. The lowest BCUT2D eigenvalue weighted by Crippen LogP contribution is -2.00. The number of anilines is 1. The molecule has 0 fully saturated rings. The molecule has 0 amide bonds. The molecule has 0 aromatic carbocycles. The van der Waals surface area contributed by atoms with E-state index >= 15 is 0 Å². The van der Waals surface area contributed by atoms with Crippen LogP contribution in [0.1, 0.15) is 22.0 Å². The number of pyridine rings is 1. The fourth-order valence-corrected chi connectivity index (χ4v) is 3.05. The number of rotatable bonds is 3. The van der Waals surface area contributed by atoms with Gasteiger partial charge in [0.25, 0.3) is 0 Å². The Morgan fingerprint density at radius 2 is 2.31 bits per heavy atom. The second-order valence-electron chi connectivity index (χ2n) is 3.90. The van der Waals surface area contributed by atoms with Gasteiger partial charge in [0.15, 0.2) is 0 Å². The van der Waals surface area contributed by atoms with Crippen LogP contribution in [-0.2, 0) is 19.4 Å². The molecule has 16 heavy (non-hydrogen) atoms. The minimum Gasteiger partial charge on any atom is -0.364 e. The first kappa shape index (κ1) is 9.78. The van der Waals surface area contributed by atoms with Crippen molar-refractivity contribution in [1.29, 1.82) is 0 Å². The topological polar surface area (TPSA) is 37.8 Å². The van der Waals surface area contributed by atoms with Gasteiger partial charge in [-0.1, -0.05) is 6.07 Å². The van der Waals surface area contributed by atoms with Crippen molar-refractivity contribution in [3.63, 3.8) is 0 Å². The van der Waals surface area contributed by atoms with Crippen LogP contribution in [0.25, 0.3) is 0 Å². The zero-order valence-electron chi connectivity index (χ0n) is 8.94. The van der Waals surface area contributed by atoms with Crippen LogP contribution >= 0.6 is 11.3 Å². The molecule has 0 bridgehead atoms. The van der Waals surface area contributed by atoms with E-state index < -0.39 is 0 Å². The summed E-state index contributed by atoms with van der Waals surface area (Å²) in [6, 6.07) is 5.88. The van der Waals surface area contributed by atoms with Gasteiger partial charge in [-0.2, -0.15) is 0 Å². The van der Waals surface area contributed by atoms with Crippen LogP contribution in [0.15, 0.2) is 24.4 Å². The quantitative estimate of drug-likeness (QED) is 0.882. The van der Waals surface area contributed by atoms with E-state index in [1.807, 2.05) is 29.5 Å². The molecule has 2 heterocycles. The Bertz CT molecular complexity index is 457. The van der Waals surface area contributed by atoms with E-state index in [9.17, 15) is 0 Å². The third kappa shape index (κ3) is 1.93. The zero-order valence-corrected chi connectivity index (χ0v) is 9.76. The SMILES string of the molecule is c1ccc(NCc2nc3c(s2)CCC3)nc1. The fourth-order valence-electron chi connectivity index (χ4n) is 1.95. The van der Waals surface area contributed by atoms with E-state index in [2.05, 4.69) is 15.3 Å². The standard InChI is InChI=1S/C12H13N3S/c1-2-7-13-11(6-1)14-8-12-15-9-4-3-5-10(9)16-12/h1-2,6-7H,3-5,8H2,(H,13,14). The van der Waals surface area contributed by atoms with Crippen molar-refractivity contribution in [2.45, 2.75) is 25.8 Å². The Labute approximate surface area is 98.6 Å². The summed E-state index contributed by atoms with van der Waals surface area (Å²) in [5.41, 5.74) is 1.32. The Hall–Kier alpha value is -1.42. The van der Waals surface area contributed by atoms with Crippen LogP contribution in [-0.4, -0.2) is 9.97 Å². The summed E-state index contributed by atoms with van der Waals surface area (Å²) >= 11 is 1.84. The van der Waals surface area contributed by atoms with E-state index in [0.717, 1.165) is 18.8 Å². The number of nitrogens with one attached hydrogen (secondary N) is 1. The second-order valence-corrected chi connectivity index (χ2v) is 5.07. The Morgan fingerprint density at radius 1 is 1.31 bits per heavy atom. The number of aromatic nitrogens is 2. The van der Waals surface area contributed by atoms with Crippen molar-refractivity contribution >= 4 is 17.2 Å². The summed E-state index contributed by atoms with van der Waals surface area (Å²) in [6.07, 6.45) is 5.46. The molecule has 1 aliphatic carbocycles. The highest BCUT2D eigenvalue weighted by Gasteiger charge is 2.16. The largest absolute Gasteiger partial charge is 0.364 e. The molecule has 0 saturated heterocycles. The number of hydrogen-bond acceptors (Lipinski definition) is 4. The smallest absolute Gasteiger partial charge is 0.126 e. The molecule has 2 aromatic heterocycles. The summed E-state index contributed by atoms with van der Waals surface area (Å²) in [5, 5.41) is 4.46. The minimum absolute atomic E-state index is 0.786. The first-order chi connectivity index (χ1) is 7.92. The van der Waals surface area contributed by atoms with E-state index in [-0.39, 0.29) is 0 Å². The summed E-state index contributed by atoms with van der Waals surface area (Å²) in [7, 11) is 0. The number of aryl methyl sites for hydroxylation is 2. The Morgan fingerprint density at radius 3 is 3.12 bits per heavy atom. The van der Waals surface area contributed by atoms with E-state index in [1.54, 1.807) is 6.20 Å². The number of fused-ring (bicyclic) bond motifs is 1. The summed E-state index contributed by atoms with van der Waals surface area (Å²) in [5.74, 6) is 0.915. The average Bonchev–Trinajstić information content (AvgIpc) is 2.88. The maximum Gasteiger partial charge on any atom is 0.126 e. The summed E-state index contributed by atoms with van der Waals surface area (Å²) in [6.45, 7) is 0.786. The van der Waals surface area contributed by atoms with Crippen molar-refractivity contribution < 1.29 is 0 Å². The van der Waals surface area contributed by atoms with Crippen molar-refractivity contribution in [1.82, 2.24) is 9.97 Å². The molecule has 0 aliphatic heterocycles. The Kier molecular flexibility index (Phi) is 2.58. The lowest BCUT2D eigenvalue weighted by atomic mass is 10.4. The predicted octanol–water partition coefficient (Wildman–Crippen LogP) is 2.64. The lowest BCUT2D eigenvalue weighted by Gasteiger charge is -2.01. The molecule has 0 saturated carbocycles. The molecule has 2 aromatic rings. The summed E-state index contributed by atoms with van der Waals surface area (Å²) < 4.78 is 0. The third-order valence-corrected chi connectivity index (χ3v) is 3.88. The van der Waals surface area contributed by atoms with Gasteiger partial charge < -0.3 is 5.32 Å². The van der Waals surface area contributed by atoms with Crippen LogP contribution in [0.4, 0.5) is 5.82 Å². The van der Waals surface area contributed by atoms with Gasteiger partial charge in [0.1, 0.15) is 10.8 Å². The van der Waals surface area contributed by atoms with Gasteiger partial charge in [0.2, 0.25) is 0 Å². The lowest BCUT2D eigenvalue weighted by molar-refractivity contribution is 0.891. The van der Waals surface area contributed by atoms with Crippen molar-refractivity contribution in [3.05, 3.63) is 40.0 Å². The molecule has 0 unspecified atom stereocenters. The highest BCUT2D eigenvalue weighted by Crippen LogP contribution is 2.27. The van der Waals surface area contributed by atoms with Crippen LogP contribution < -0.4 is 5.32 Å². The highest BCUT2D eigenvalue weighted by atomic mass is 32.1. The number of nitrogens with zero attached hydrogens (tertiary/aromatic N) is 2. The molecule has 3 rings (SSSR count). The number of hydrogen-bond donors (Lipinski definition) is 1. The van der Waals surface area contributed by atoms with Gasteiger partial charge in [-0.3, -0.25) is 0 Å². The molecule has 4 heteroatoms. The monoisotopic (exact) mass is 231 g/mol. The second kappa shape index (κ2) is 4.22. The molecule has 0 radical (unpaired) electrons. The van der Waals surface area contributed by atoms with Crippen LogP contribution in [0.5, 0.6) is 0 Å². The normalized spacial score (nSPS) is 13.8. The molecule has 3 nitrogen and oxygen atoms in total. The summed E-state index contributed by atoms with van der Waals surface area (Å²) in [4.78, 5) is 10.3. The van der Waals surface area contributed by atoms with E-state index in [0.29, 0.717) is 0 Å². The van der Waals surface area contributed by atoms with Gasteiger partial charge in [-0.15, -0.1) is 11.3 Å². The molecular formula is C12H13N3S. The van der Waals surface area contributed by atoms with Crippen molar-refractivity contribution in [2.75, 3.05) is 5.32 Å². The predicted molar refractivity (Wildman–Crippen MR) is 65.7 cm³/mol. The minimum atomic E-state index is 0.786. The van der Waals surface area contributed by atoms with Crippen molar-refractivity contribution in [3.8, 4) is 0 Å².